The quantitative estimate of drug-likeness (QED) is 0.636. The van der Waals surface area contributed by atoms with E-state index in [0.29, 0.717) is 5.75 Å². The van der Waals surface area contributed by atoms with E-state index in [4.69, 9.17) is 4.52 Å². The first-order chi connectivity index (χ1) is 5.22. The highest BCUT2D eigenvalue weighted by Gasteiger charge is 1.99. The van der Waals surface area contributed by atoms with Gasteiger partial charge in [-0.25, -0.2) is 0 Å². The van der Waals surface area contributed by atoms with Gasteiger partial charge in [0.2, 0.25) is 0 Å². The zero-order chi connectivity index (χ0) is 8.27. The van der Waals surface area contributed by atoms with E-state index in [-0.39, 0.29) is 0 Å². The predicted molar refractivity (Wildman–Crippen MR) is 45.5 cm³/mol. The Labute approximate surface area is 67.5 Å². The van der Waals surface area contributed by atoms with Gasteiger partial charge in [-0.05, 0) is 41.7 Å². The molecular formula is C8H10O2P+. The lowest BCUT2D eigenvalue weighted by Crippen LogP contribution is -1.80. The van der Waals surface area contributed by atoms with Crippen molar-refractivity contribution in [3.05, 3.63) is 29.3 Å². The van der Waals surface area contributed by atoms with E-state index in [0.717, 1.165) is 11.1 Å². The Bertz CT molecular complexity index is 251. The zero-order valence-electron chi connectivity index (χ0n) is 6.55. The van der Waals surface area contributed by atoms with Crippen molar-refractivity contribution in [3.63, 3.8) is 0 Å². The molecule has 1 aromatic carbocycles. The van der Waals surface area contributed by atoms with Crippen molar-refractivity contribution in [2.45, 2.75) is 13.8 Å². The highest BCUT2D eigenvalue weighted by atomic mass is 31.1. The maximum absolute atomic E-state index is 10.1. The fraction of sp³-hybridized carbons (Fsp3) is 0.250. The first-order valence-electron chi connectivity index (χ1n) is 3.34. The van der Waals surface area contributed by atoms with Gasteiger partial charge in [0.1, 0.15) is 0 Å². The van der Waals surface area contributed by atoms with E-state index in [1.54, 1.807) is 0 Å². The smallest absolute Gasteiger partial charge is 0.256 e. The van der Waals surface area contributed by atoms with Gasteiger partial charge >= 0.3 is 8.69 Å². The van der Waals surface area contributed by atoms with Crippen LogP contribution >= 0.6 is 8.69 Å². The molecule has 0 amide bonds. The second-order valence-corrected chi connectivity index (χ2v) is 2.88. The Morgan fingerprint density at radius 2 is 1.73 bits per heavy atom. The Morgan fingerprint density at radius 1 is 1.18 bits per heavy atom. The van der Waals surface area contributed by atoms with E-state index in [2.05, 4.69) is 0 Å². The lowest BCUT2D eigenvalue weighted by molar-refractivity contribution is 0.525. The highest BCUT2D eigenvalue weighted by molar-refractivity contribution is 7.17. The minimum atomic E-state index is -0.722. The lowest BCUT2D eigenvalue weighted by atomic mass is 10.1. The largest absolute Gasteiger partial charge is 0.542 e. The molecule has 0 spiro atoms. The molecule has 0 saturated carbocycles. The van der Waals surface area contributed by atoms with Gasteiger partial charge < -0.3 is 0 Å². The van der Waals surface area contributed by atoms with Crippen molar-refractivity contribution < 1.29 is 9.09 Å². The molecule has 0 aliphatic rings. The van der Waals surface area contributed by atoms with Gasteiger partial charge in [0.25, 0.3) is 0 Å². The molecule has 3 heteroatoms. The predicted octanol–water partition coefficient (Wildman–Crippen LogP) is 2.62. The molecule has 0 heterocycles. The molecule has 1 unspecified atom stereocenters. The summed E-state index contributed by atoms with van der Waals surface area (Å²) in [4.78, 5) is 0. The summed E-state index contributed by atoms with van der Waals surface area (Å²) in [6.07, 6.45) is 0. The summed E-state index contributed by atoms with van der Waals surface area (Å²) in [5, 5.41) is 0. The van der Waals surface area contributed by atoms with Crippen LogP contribution in [0, 0.1) is 13.8 Å². The van der Waals surface area contributed by atoms with Crippen LogP contribution in [0.3, 0.4) is 0 Å². The summed E-state index contributed by atoms with van der Waals surface area (Å²) in [5.41, 5.74) is 2.25. The molecule has 0 aliphatic heterocycles. The molecule has 0 aromatic heterocycles. The third-order valence-corrected chi connectivity index (χ3v) is 1.67. The summed E-state index contributed by atoms with van der Waals surface area (Å²) in [6.45, 7) is 3.96. The zero-order valence-corrected chi connectivity index (χ0v) is 7.55. The number of benzene rings is 1. The molecule has 58 valence electrons. The third-order valence-electron chi connectivity index (χ3n) is 1.35. The summed E-state index contributed by atoms with van der Waals surface area (Å²) in [6, 6.07) is 5.76. The maximum atomic E-state index is 10.1. The standard InChI is InChI=1S/C8H10O2P/c1-6-3-7(2)5-8(4-6)10-11-9/h3-5,11H,1-2H3/q+1. The minimum Gasteiger partial charge on any atom is -0.256 e. The second kappa shape index (κ2) is 3.49. The highest BCUT2D eigenvalue weighted by Crippen LogP contribution is 2.18. The summed E-state index contributed by atoms with van der Waals surface area (Å²) < 4.78 is 15.0. The average molecular weight is 169 g/mol. The molecule has 0 bridgehead atoms. The monoisotopic (exact) mass is 169 g/mol. The SMILES string of the molecule is Cc1cc(C)cc(O[PH+]=O)c1. The van der Waals surface area contributed by atoms with Crippen LogP contribution in [0.25, 0.3) is 0 Å². The molecule has 1 aromatic rings. The first-order valence-corrected chi connectivity index (χ1v) is 4.16. The van der Waals surface area contributed by atoms with Gasteiger partial charge in [0.05, 0.1) is 0 Å². The van der Waals surface area contributed by atoms with Crippen LogP contribution in [0.5, 0.6) is 5.75 Å². The van der Waals surface area contributed by atoms with Gasteiger partial charge in [-0.2, -0.15) is 0 Å². The van der Waals surface area contributed by atoms with E-state index >= 15 is 0 Å². The van der Waals surface area contributed by atoms with Gasteiger partial charge in [0, 0.05) is 0 Å². The Hall–Kier alpha value is -0.880. The van der Waals surface area contributed by atoms with E-state index in [1.807, 2.05) is 32.0 Å². The van der Waals surface area contributed by atoms with Crippen molar-refractivity contribution in [1.29, 1.82) is 0 Å². The van der Waals surface area contributed by atoms with Crippen LogP contribution in [0.2, 0.25) is 0 Å². The van der Waals surface area contributed by atoms with Crippen molar-refractivity contribution in [2.75, 3.05) is 0 Å². The molecule has 0 saturated heterocycles. The van der Waals surface area contributed by atoms with Crippen LogP contribution in [-0.4, -0.2) is 0 Å². The van der Waals surface area contributed by atoms with Crippen molar-refractivity contribution in [1.82, 2.24) is 0 Å². The second-order valence-electron chi connectivity index (χ2n) is 2.51. The summed E-state index contributed by atoms with van der Waals surface area (Å²) in [7, 11) is -0.722. The van der Waals surface area contributed by atoms with Gasteiger partial charge in [0.15, 0.2) is 5.75 Å². The fourth-order valence-corrected chi connectivity index (χ4v) is 1.25. The van der Waals surface area contributed by atoms with Crippen LogP contribution in [0.15, 0.2) is 18.2 Å². The van der Waals surface area contributed by atoms with Crippen LogP contribution < -0.4 is 4.52 Å². The lowest BCUT2D eigenvalue weighted by Gasteiger charge is -1.96. The maximum Gasteiger partial charge on any atom is 0.542 e. The third kappa shape index (κ3) is 2.32. The van der Waals surface area contributed by atoms with Crippen LogP contribution in [0.1, 0.15) is 11.1 Å². The molecule has 0 aliphatic carbocycles. The number of hydrogen-bond acceptors (Lipinski definition) is 2. The molecule has 1 atom stereocenters. The average Bonchev–Trinajstić information content (AvgIpc) is 1.85. The topological polar surface area (TPSA) is 26.3 Å². The molecule has 1 rings (SSSR count). The molecule has 0 radical (unpaired) electrons. The fourth-order valence-electron chi connectivity index (χ4n) is 1.04. The van der Waals surface area contributed by atoms with Crippen molar-refractivity contribution in [3.8, 4) is 5.75 Å². The van der Waals surface area contributed by atoms with Crippen molar-refractivity contribution in [2.24, 2.45) is 0 Å². The van der Waals surface area contributed by atoms with E-state index < -0.39 is 8.69 Å². The molecule has 11 heavy (non-hydrogen) atoms. The van der Waals surface area contributed by atoms with Gasteiger partial charge in [-0.1, -0.05) is 6.07 Å². The molecule has 0 fully saturated rings. The molecule has 0 N–H and O–H groups in total. The van der Waals surface area contributed by atoms with Crippen LogP contribution in [-0.2, 0) is 4.57 Å². The van der Waals surface area contributed by atoms with Gasteiger partial charge in [-0.3, -0.25) is 4.52 Å². The van der Waals surface area contributed by atoms with Crippen molar-refractivity contribution >= 4 is 8.69 Å². The number of hydrogen-bond donors (Lipinski definition) is 0. The number of aryl methyl sites for hydroxylation is 2. The van der Waals surface area contributed by atoms with E-state index in [9.17, 15) is 4.57 Å². The first kappa shape index (κ1) is 8.22. The van der Waals surface area contributed by atoms with E-state index in [1.165, 1.54) is 0 Å². The van der Waals surface area contributed by atoms with Gasteiger partial charge in [-0.15, -0.1) is 0 Å². The Morgan fingerprint density at radius 3 is 2.18 bits per heavy atom. The normalized spacial score (nSPS) is 10.0. The Balaban J connectivity index is 2.98. The Kier molecular flexibility index (Phi) is 2.61. The molecular weight excluding hydrogens is 159 g/mol. The minimum absolute atomic E-state index is 0.677. The number of rotatable bonds is 2. The summed E-state index contributed by atoms with van der Waals surface area (Å²) >= 11 is 0. The molecule has 2 nitrogen and oxygen atoms in total. The van der Waals surface area contributed by atoms with Crippen LogP contribution in [0.4, 0.5) is 0 Å². The summed E-state index contributed by atoms with van der Waals surface area (Å²) in [5.74, 6) is 0.677.